The molecule has 2 saturated heterocycles. The van der Waals surface area contributed by atoms with Crippen molar-refractivity contribution in [3.63, 3.8) is 0 Å². The van der Waals surface area contributed by atoms with E-state index in [0.29, 0.717) is 17.4 Å². The summed E-state index contributed by atoms with van der Waals surface area (Å²) in [5.41, 5.74) is 1.81. The molecule has 0 saturated carbocycles. The Morgan fingerprint density at radius 3 is 2.47 bits per heavy atom. The molecule has 2 aliphatic rings. The quantitative estimate of drug-likeness (QED) is 0.533. The van der Waals surface area contributed by atoms with E-state index in [1.165, 1.54) is 29.7 Å². The Hall–Kier alpha value is -2.66. The highest BCUT2D eigenvalue weighted by Crippen LogP contribution is 2.28. The summed E-state index contributed by atoms with van der Waals surface area (Å²) in [6.45, 7) is 3.89. The molecule has 11 heteroatoms. The van der Waals surface area contributed by atoms with E-state index in [9.17, 15) is 13.2 Å². The van der Waals surface area contributed by atoms with Crippen molar-refractivity contribution in [3.8, 4) is 0 Å². The molecule has 3 aromatic rings. The van der Waals surface area contributed by atoms with Crippen molar-refractivity contribution in [2.45, 2.75) is 17.4 Å². The summed E-state index contributed by atoms with van der Waals surface area (Å²) in [7, 11) is -3.72. The predicted octanol–water partition coefficient (Wildman–Crippen LogP) is 3.77. The Labute approximate surface area is 209 Å². The molecule has 0 bridgehead atoms. The van der Waals surface area contributed by atoms with Gasteiger partial charge in [0.25, 0.3) is 10.0 Å². The van der Waals surface area contributed by atoms with E-state index in [-0.39, 0.29) is 18.3 Å². The Balaban J connectivity index is 0.00000289. The highest BCUT2D eigenvalue weighted by atomic mass is 35.5. The van der Waals surface area contributed by atoms with E-state index in [1.807, 2.05) is 18.2 Å². The molecule has 1 N–H and O–H groups in total. The van der Waals surface area contributed by atoms with Crippen LogP contribution in [0.2, 0.25) is 5.02 Å². The number of amides is 1. The molecule has 2 fully saturated rings. The number of carbonyl (C=O) groups excluding carboxylic acids is 1. The van der Waals surface area contributed by atoms with Crippen molar-refractivity contribution in [1.82, 2.24) is 9.88 Å². The SMILES string of the molecule is O=C1[C@@H](N2CCN(c3cccc(Cl)c3)CC2)CCN1c1ccc(S(=O)(=O)Nc2nccs2)cc1.[HH]. The van der Waals surface area contributed by atoms with Crippen LogP contribution < -0.4 is 14.5 Å². The monoisotopic (exact) mass is 519 g/mol. The van der Waals surface area contributed by atoms with Crippen LogP contribution >= 0.6 is 22.9 Å². The number of nitrogens with one attached hydrogen (secondary N) is 1. The molecule has 34 heavy (non-hydrogen) atoms. The summed E-state index contributed by atoms with van der Waals surface area (Å²) in [4.78, 5) is 23.6. The maximum atomic E-state index is 13.2. The van der Waals surface area contributed by atoms with Gasteiger partial charge in [-0.25, -0.2) is 13.4 Å². The number of hydrogen-bond donors (Lipinski definition) is 1. The number of sulfonamides is 1. The number of thiazole rings is 1. The molecule has 3 heterocycles. The lowest BCUT2D eigenvalue weighted by atomic mass is 10.1. The Kier molecular flexibility index (Phi) is 6.48. The molecule has 180 valence electrons. The fraction of sp³-hybridized carbons (Fsp3) is 0.304. The molecule has 1 aromatic heterocycles. The standard InChI is InChI=1S/C23H24ClN5O3S2.H2/c24-17-2-1-3-19(16-17)27-11-13-28(14-12-27)21-8-10-29(22(21)30)18-4-6-20(7-5-18)34(31,32)26-23-25-9-15-33-23;/h1-7,9,15-16,21H,8,10-14H2,(H,25,26);1H/t21-;/m0./s1. The number of benzene rings is 2. The van der Waals surface area contributed by atoms with Crippen LogP contribution in [-0.2, 0) is 14.8 Å². The third-order valence-corrected chi connectivity index (χ3v) is 8.63. The van der Waals surface area contributed by atoms with E-state index in [0.717, 1.165) is 43.3 Å². The first-order chi connectivity index (χ1) is 16.4. The largest absolute Gasteiger partial charge is 0.369 e. The molecule has 1 atom stereocenters. The zero-order valence-corrected chi connectivity index (χ0v) is 20.7. The van der Waals surface area contributed by atoms with Gasteiger partial charge in [-0.2, -0.15) is 0 Å². The van der Waals surface area contributed by atoms with Crippen LogP contribution in [0.1, 0.15) is 7.85 Å². The predicted molar refractivity (Wildman–Crippen MR) is 137 cm³/mol. The van der Waals surface area contributed by atoms with Gasteiger partial charge in [0.2, 0.25) is 5.91 Å². The molecular formula is C23H26ClN5O3S2. The summed E-state index contributed by atoms with van der Waals surface area (Å²) in [6.07, 6.45) is 2.29. The number of hydrogen-bond acceptors (Lipinski definition) is 7. The summed E-state index contributed by atoms with van der Waals surface area (Å²) in [6, 6.07) is 14.1. The third-order valence-electron chi connectivity index (χ3n) is 6.22. The van der Waals surface area contributed by atoms with Gasteiger partial charge in [0, 0.05) is 62.1 Å². The maximum absolute atomic E-state index is 13.2. The Morgan fingerprint density at radius 1 is 1.03 bits per heavy atom. The summed E-state index contributed by atoms with van der Waals surface area (Å²) < 4.78 is 27.6. The van der Waals surface area contributed by atoms with Crippen molar-refractivity contribution in [3.05, 3.63) is 65.1 Å². The lowest BCUT2D eigenvalue weighted by molar-refractivity contribution is -0.121. The highest BCUT2D eigenvalue weighted by molar-refractivity contribution is 7.93. The average molecular weight is 520 g/mol. The van der Waals surface area contributed by atoms with E-state index in [2.05, 4.69) is 25.6 Å². The van der Waals surface area contributed by atoms with Crippen LogP contribution in [0, 0.1) is 0 Å². The first-order valence-corrected chi connectivity index (χ1v) is 13.7. The van der Waals surface area contributed by atoms with Crippen molar-refractivity contribution in [2.24, 2.45) is 0 Å². The topological polar surface area (TPSA) is 85.9 Å². The van der Waals surface area contributed by atoms with E-state index < -0.39 is 10.0 Å². The van der Waals surface area contributed by atoms with Gasteiger partial charge in [0.1, 0.15) is 0 Å². The smallest absolute Gasteiger partial charge is 0.263 e. The fourth-order valence-electron chi connectivity index (χ4n) is 4.48. The number of halogens is 1. The molecule has 1 amide bonds. The minimum atomic E-state index is -3.72. The van der Waals surface area contributed by atoms with Gasteiger partial charge >= 0.3 is 0 Å². The number of carbonyl (C=O) groups is 1. The fourth-order valence-corrected chi connectivity index (χ4v) is 6.45. The molecular weight excluding hydrogens is 494 g/mol. The van der Waals surface area contributed by atoms with E-state index in [4.69, 9.17) is 11.6 Å². The van der Waals surface area contributed by atoms with E-state index in [1.54, 1.807) is 22.4 Å². The van der Waals surface area contributed by atoms with Crippen molar-refractivity contribution < 1.29 is 14.6 Å². The highest BCUT2D eigenvalue weighted by Gasteiger charge is 2.38. The average Bonchev–Trinajstić information content (AvgIpc) is 3.48. The van der Waals surface area contributed by atoms with E-state index >= 15 is 0 Å². The van der Waals surface area contributed by atoms with Gasteiger partial charge in [0.05, 0.1) is 10.9 Å². The molecule has 2 aromatic carbocycles. The first kappa shape index (κ1) is 23.1. The van der Waals surface area contributed by atoms with Crippen LogP contribution in [0.5, 0.6) is 0 Å². The molecule has 0 radical (unpaired) electrons. The number of anilines is 3. The molecule has 0 spiro atoms. The number of nitrogens with zero attached hydrogens (tertiary/aromatic N) is 4. The van der Waals surface area contributed by atoms with Crippen LogP contribution in [0.4, 0.5) is 16.5 Å². The second kappa shape index (κ2) is 9.53. The molecule has 5 rings (SSSR count). The van der Waals surface area contributed by atoms with Gasteiger partial charge in [-0.1, -0.05) is 17.7 Å². The van der Waals surface area contributed by atoms with Gasteiger partial charge in [0.15, 0.2) is 5.13 Å². The lowest BCUT2D eigenvalue weighted by Gasteiger charge is -2.38. The van der Waals surface area contributed by atoms with Gasteiger partial charge < -0.3 is 9.80 Å². The normalized spacial score (nSPS) is 19.6. The second-order valence-electron chi connectivity index (χ2n) is 8.23. The minimum absolute atomic E-state index is 0. The van der Waals surface area contributed by atoms with Crippen LogP contribution in [-0.4, -0.2) is 63.0 Å². The Morgan fingerprint density at radius 2 is 1.79 bits per heavy atom. The van der Waals surface area contributed by atoms with Crippen LogP contribution in [0.25, 0.3) is 0 Å². The minimum Gasteiger partial charge on any atom is -0.369 e. The third kappa shape index (κ3) is 4.76. The lowest BCUT2D eigenvalue weighted by Crippen LogP contribution is -2.52. The van der Waals surface area contributed by atoms with Crippen molar-refractivity contribution in [1.29, 1.82) is 0 Å². The summed E-state index contributed by atoms with van der Waals surface area (Å²) in [5, 5.41) is 2.74. The van der Waals surface area contributed by atoms with Crippen molar-refractivity contribution >= 4 is 55.4 Å². The molecule has 0 aliphatic carbocycles. The zero-order valence-electron chi connectivity index (χ0n) is 18.3. The van der Waals surface area contributed by atoms with Gasteiger partial charge in [-0.15, -0.1) is 11.3 Å². The van der Waals surface area contributed by atoms with Crippen LogP contribution in [0.3, 0.4) is 0 Å². The molecule has 2 aliphatic heterocycles. The zero-order chi connectivity index (χ0) is 23.7. The number of aromatic nitrogens is 1. The van der Waals surface area contributed by atoms with Gasteiger partial charge in [-0.3, -0.25) is 14.4 Å². The summed E-state index contributed by atoms with van der Waals surface area (Å²) >= 11 is 7.34. The van der Waals surface area contributed by atoms with Crippen molar-refractivity contribution in [2.75, 3.05) is 47.2 Å². The van der Waals surface area contributed by atoms with Crippen LogP contribution in [0.15, 0.2) is 65.0 Å². The molecule has 0 unspecified atom stereocenters. The number of piperazine rings is 1. The Bertz CT molecular complexity index is 1270. The van der Waals surface area contributed by atoms with Gasteiger partial charge in [-0.05, 0) is 48.9 Å². The maximum Gasteiger partial charge on any atom is 0.263 e. The second-order valence-corrected chi connectivity index (χ2v) is 11.2. The molecule has 8 nitrogen and oxygen atoms in total. The number of rotatable bonds is 6. The first-order valence-electron chi connectivity index (χ1n) is 11.0. The summed E-state index contributed by atoms with van der Waals surface area (Å²) in [5.74, 6) is 0.0627.